The van der Waals surface area contributed by atoms with Crippen LogP contribution in [0.2, 0.25) is 0 Å². The van der Waals surface area contributed by atoms with Crippen LogP contribution in [0.4, 0.5) is 5.69 Å². The average Bonchev–Trinajstić information content (AvgIpc) is 3.11. The van der Waals surface area contributed by atoms with Gasteiger partial charge in [0.2, 0.25) is 5.91 Å². The van der Waals surface area contributed by atoms with Gasteiger partial charge in [-0.05, 0) is 37.5 Å². The van der Waals surface area contributed by atoms with Gasteiger partial charge in [0.1, 0.15) is 0 Å². The number of carbonyl (C=O) groups is 3. The Hall–Kier alpha value is -2.89. The first kappa shape index (κ1) is 17.5. The fourth-order valence-corrected chi connectivity index (χ4v) is 2.38. The fourth-order valence-electron chi connectivity index (χ4n) is 2.38. The molecule has 1 amide bonds. The number of rotatable bonds is 5. The number of nitrogens with one attached hydrogen (secondary N) is 1. The van der Waals surface area contributed by atoms with Crippen LogP contribution in [-0.2, 0) is 14.3 Å². The molecule has 0 radical (unpaired) electrons. The zero-order valence-electron chi connectivity index (χ0n) is 13.6. The van der Waals surface area contributed by atoms with Crippen LogP contribution in [0.5, 0.6) is 0 Å². The quantitative estimate of drug-likeness (QED) is 0.663. The molecule has 0 saturated carbocycles. The molecule has 2 rings (SSSR count). The van der Waals surface area contributed by atoms with Gasteiger partial charge in [-0.3, -0.25) is 4.79 Å². The Morgan fingerprint density at radius 3 is 2.17 bits per heavy atom. The summed E-state index contributed by atoms with van der Waals surface area (Å²) >= 11 is 0. The van der Waals surface area contributed by atoms with E-state index in [1.54, 1.807) is 6.08 Å². The molecule has 6 heteroatoms. The van der Waals surface area contributed by atoms with Gasteiger partial charge in [0.15, 0.2) is 0 Å². The van der Waals surface area contributed by atoms with Crippen molar-refractivity contribution in [2.75, 3.05) is 19.5 Å². The van der Waals surface area contributed by atoms with Gasteiger partial charge < -0.3 is 14.8 Å². The summed E-state index contributed by atoms with van der Waals surface area (Å²) in [6, 6.07) is 4.24. The molecule has 1 N–H and O–H groups in total. The molecule has 0 bridgehead atoms. The number of benzene rings is 1. The highest BCUT2D eigenvalue weighted by atomic mass is 16.5. The predicted molar refractivity (Wildman–Crippen MR) is 88.8 cm³/mol. The standard InChI is InChI=1S/C18H19NO5/c1-23-17(21)13-9-14(18(22)24-2)11-15(10-13)19-16(20)8-7-12-5-3-4-6-12/h5,7-11H,3-4,6H2,1-2H3,(H,19,20)/b8-7-. The van der Waals surface area contributed by atoms with Gasteiger partial charge in [0.05, 0.1) is 25.3 Å². The first-order chi connectivity index (χ1) is 11.5. The van der Waals surface area contributed by atoms with Gasteiger partial charge in [-0.1, -0.05) is 17.7 Å². The largest absolute Gasteiger partial charge is 0.465 e. The van der Waals surface area contributed by atoms with Crippen LogP contribution in [0.3, 0.4) is 0 Å². The summed E-state index contributed by atoms with van der Waals surface area (Å²) in [7, 11) is 2.48. The predicted octanol–water partition coefficient (Wildman–Crippen LogP) is 2.86. The third kappa shape index (κ3) is 4.55. The summed E-state index contributed by atoms with van der Waals surface area (Å²) in [5.41, 5.74) is 1.74. The highest BCUT2D eigenvalue weighted by Crippen LogP contribution is 2.19. The van der Waals surface area contributed by atoms with E-state index >= 15 is 0 Å². The van der Waals surface area contributed by atoms with E-state index in [1.807, 2.05) is 0 Å². The molecule has 6 nitrogen and oxygen atoms in total. The van der Waals surface area contributed by atoms with Crippen LogP contribution in [0.1, 0.15) is 40.0 Å². The number of carbonyl (C=O) groups excluding carboxylic acids is 3. The molecule has 1 aromatic carbocycles. The lowest BCUT2D eigenvalue weighted by Crippen LogP contribution is -2.12. The van der Waals surface area contributed by atoms with Crippen molar-refractivity contribution in [1.29, 1.82) is 0 Å². The van der Waals surface area contributed by atoms with Crippen LogP contribution in [-0.4, -0.2) is 32.1 Å². The van der Waals surface area contributed by atoms with Crippen molar-refractivity contribution in [3.8, 4) is 0 Å². The molecule has 0 heterocycles. The minimum atomic E-state index is -0.608. The van der Waals surface area contributed by atoms with Gasteiger partial charge in [-0.2, -0.15) is 0 Å². The average molecular weight is 329 g/mol. The Morgan fingerprint density at radius 1 is 1.04 bits per heavy atom. The molecule has 1 aromatic rings. The molecular formula is C18H19NO5. The molecule has 0 spiro atoms. The second kappa shape index (κ2) is 8.10. The van der Waals surface area contributed by atoms with Crippen LogP contribution >= 0.6 is 0 Å². The maximum atomic E-state index is 12.0. The molecule has 0 atom stereocenters. The lowest BCUT2D eigenvalue weighted by molar-refractivity contribution is -0.111. The van der Waals surface area contributed by atoms with Crippen molar-refractivity contribution in [3.05, 3.63) is 53.1 Å². The Labute approximate surface area is 140 Å². The lowest BCUT2D eigenvalue weighted by Gasteiger charge is -2.08. The van der Waals surface area contributed by atoms with E-state index in [0.29, 0.717) is 5.69 Å². The summed E-state index contributed by atoms with van der Waals surface area (Å²) in [6.07, 6.45) is 8.40. The second-order valence-corrected chi connectivity index (χ2v) is 5.28. The van der Waals surface area contributed by atoms with Crippen molar-refractivity contribution in [1.82, 2.24) is 0 Å². The lowest BCUT2D eigenvalue weighted by atomic mass is 10.1. The van der Waals surface area contributed by atoms with Crippen molar-refractivity contribution < 1.29 is 23.9 Å². The molecule has 0 unspecified atom stereocenters. The minimum Gasteiger partial charge on any atom is -0.465 e. The second-order valence-electron chi connectivity index (χ2n) is 5.28. The molecule has 1 aliphatic carbocycles. The molecule has 0 aromatic heterocycles. The van der Waals surface area contributed by atoms with Crippen LogP contribution in [0.15, 0.2) is 42.0 Å². The minimum absolute atomic E-state index is 0.151. The van der Waals surface area contributed by atoms with Crippen LogP contribution < -0.4 is 5.32 Å². The Kier molecular flexibility index (Phi) is 5.89. The summed E-state index contributed by atoms with van der Waals surface area (Å²) in [5, 5.41) is 2.64. The summed E-state index contributed by atoms with van der Waals surface area (Å²) in [6.45, 7) is 0. The van der Waals surface area contributed by atoms with Gasteiger partial charge in [0, 0.05) is 11.8 Å². The van der Waals surface area contributed by atoms with Gasteiger partial charge in [-0.15, -0.1) is 0 Å². The number of amides is 1. The number of esters is 2. The maximum absolute atomic E-state index is 12.0. The fraction of sp³-hybridized carbons (Fsp3) is 0.278. The first-order valence-electron chi connectivity index (χ1n) is 7.53. The molecule has 1 aliphatic rings. The van der Waals surface area contributed by atoms with E-state index < -0.39 is 11.9 Å². The van der Waals surface area contributed by atoms with E-state index in [9.17, 15) is 14.4 Å². The van der Waals surface area contributed by atoms with Crippen molar-refractivity contribution in [2.24, 2.45) is 0 Å². The number of ether oxygens (including phenoxy) is 2. The zero-order chi connectivity index (χ0) is 17.5. The Balaban J connectivity index is 2.19. The molecule has 0 saturated heterocycles. The normalized spacial score (nSPS) is 13.5. The molecule has 24 heavy (non-hydrogen) atoms. The monoisotopic (exact) mass is 329 g/mol. The number of hydrogen-bond donors (Lipinski definition) is 1. The van der Waals surface area contributed by atoms with Crippen LogP contribution in [0, 0.1) is 0 Å². The molecule has 0 aliphatic heterocycles. The Morgan fingerprint density at radius 2 is 1.67 bits per heavy atom. The third-order valence-corrected chi connectivity index (χ3v) is 3.57. The van der Waals surface area contributed by atoms with E-state index in [1.165, 1.54) is 38.5 Å². The smallest absolute Gasteiger partial charge is 0.337 e. The molecule has 0 fully saturated rings. The van der Waals surface area contributed by atoms with Crippen molar-refractivity contribution in [3.63, 3.8) is 0 Å². The van der Waals surface area contributed by atoms with Crippen molar-refractivity contribution >= 4 is 23.5 Å². The van der Waals surface area contributed by atoms with E-state index in [2.05, 4.69) is 20.9 Å². The number of hydrogen-bond acceptors (Lipinski definition) is 5. The zero-order valence-corrected chi connectivity index (χ0v) is 13.6. The first-order valence-corrected chi connectivity index (χ1v) is 7.53. The van der Waals surface area contributed by atoms with Gasteiger partial charge >= 0.3 is 11.9 Å². The van der Waals surface area contributed by atoms with Gasteiger partial charge in [-0.25, -0.2) is 9.59 Å². The summed E-state index contributed by atoms with van der Waals surface area (Å²) in [5.74, 6) is -1.56. The third-order valence-electron chi connectivity index (χ3n) is 3.57. The highest BCUT2D eigenvalue weighted by molar-refractivity contribution is 6.02. The van der Waals surface area contributed by atoms with Crippen molar-refractivity contribution in [2.45, 2.75) is 19.3 Å². The van der Waals surface area contributed by atoms with Gasteiger partial charge in [0.25, 0.3) is 0 Å². The topological polar surface area (TPSA) is 81.7 Å². The Bertz CT molecular complexity index is 684. The number of methoxy groups -OCH3 is 2. The van der Waals surface area contributed by atoms with E-state index in [-0.39, 0.29) is 17.0 Å². The SMILES string of the molecule is COC(=O)c1cc(NC(=O)/C=C\C2=CCCC2)cc(C(=O)OC)c1. The maximum Gasteiger partial charge on any atom is 0.337 e. The summed E-state index contributed by atoms with van der Waals surface area (Å²) < 4.78 is 9.31. The summed E-state index contributed by atoms with van der Waals surface area (Å²) in [4.78, 5) is 35.4. The molecule has 126 valence electrons. The number of anilines is 1. The van der Waals surface area contributed by atoms with Crippen LogP contribution in [0.25, 0.3) is 0 Å². The number of allylic oxidation sites excluding steroid dienone is 3. The van der Waals surface area contributed by atoms with E-state index in [4.69, 9.17) is 0 Å². The van der Waals surface area contributed by atoms with E-state index in [0.717, 1.165) is 24.8 Å². The molecular weight excluding hydrogens is 310 g/mol. The highest BCUT2D eigenvalue weighted by Gasteiger charge is 2.14.